The second-order valence-corrected chi connectivity index (χ2v) is 2.73. The molecule has 0 amide bonds. The summed E-state index contributed by atoms with van der Waals surface area (Å²) in [5, 5.41) is 12.5. The van der Waals surface area contributed by atoms with Gasteiger partial charge in [-0.3, -0.25) is 4.68 Å². The van der Waals surface area contributed by atoms with E-state index in [0.717, 1.165) is 3.70 Å². The molecule has 1 aromatic rings. The van der Waals surface area contributed by atoms with Crippen molar-refractivity contribution in [2.24, 2.45) is 0 Å². The van der Waals surface area contributed by atoms with Gasteiger partial charge in [0, 0.05) is 6.20 Å². The third kappa shape index (κ3) is 1.94. The fourth-order valence-electron chi connectivity index (χ4n) is 0.564. The van der Waals surface area contributed by atoms with Crippen LogP contribution in [0.4, 0.5) is 0 Å². The van der Waals surface area contributed by atoms with Gasteiger partial charge in [-0.25, -0.2) is 0 Å². The molecule has 0 aliphatic carbocycles. The Hall–Kier alpha value is -0.100. The molecule has 1 rings (SSSR count). The summed E-state index contributed by atoms with van der Waals surface area (Å²) in [7, 11) is 0. The third-order valence-electron chi connectivity index (χ3n) is 0.937. The lowest BCUT2D eigenvalue weighted by Crippen LogP contribution is -2.01. The van der Waals surface area contributed by atoms with Crippen molar-refractivity contribution >= 4 is 22.6 Å². The Kier molecular flexibility index (Phi) is 2.47. The summed E-state index contributed by atoms with van der Waals surface area (Å²) in [5.41, 5.74) is 0. The van der Waals surface area contributed by atoms with E-state index in [1.54, 1.807) is 4.68 Å². The van der Waals surface area contributed by atoms with Crippen LogP contribution in [-0.2, 0) is 6.54 Å². The monoisotopic (exact) mass is 238 g/mol. The summed E-state index contributed by atoms with van der Waals surface area (Å²) < 4.78 is 2.67. The first-order chi connectivity index (χ1) is 4.33. The predicted molar refractivity (Wildman–Crippen MR) is 42.0 cm³/mol. The van der Waals surface area contributed by atoms with E-state index in [9.17, 15) is 0 Å². The number of hydrogen-bond donors (Lipinski definition) is 1. The minimum atomic E-state index is 0.151. The van der Waals surface area contributed by atoms with Crippen molar-refractivity contribution in [1.29, 1.82) is 0 Å². The van der Waals surface area contributed by atoms with Crippen molar-refractivity contribution in [2.45, 2.75) is 6.54 Å². The Morgan fingerprint density at radius 2 is 2.56 bits per heavy atom. The van der Waals surface area contributed by atoms with E-state index in [1.165, 1.54) is 0 Å². The second kappa shape index (κ2) is 3.17. The van der Waals surface area contributed by atoms with Gasteiger partial charge in [-0.1, -0.05) is 0 Å². The van der Waals surface area contributed by atoms with Crippen LogP contribution in [0.3, 0.4) is 0 Å². The molecule has 0 aromatic carbocycles. The van der Waals surface area contributed by atoms with E-state index in [2.05, 4.69) is 27.7 Å². The normalized spacial score (nSPS) is 10.0. The summed E-state index contributed by atoms with van der Waals surface area (Å²) in [5.74, 6) is 0. The predicted octanol–water partition coefficient (Wildman–Crippen LogP) is 0.480. The number of rotatable bonds is 2. The zero-order valence-corrected chi connectivity index (χ0v) is 6.95. The number of hydrogen-bond acceptors (Lipinski definition) is 2. The van der Waals surface area contributed by atoms with Crippen LogP contribution in [0.15, 0.2) is 12.3 Å². The van der Waals surface area contributed by atoms with Gasteiger partial charge in [0.25, 0.3) is 0 Å². The van der Waals surface area contributed by atoms with Gasteiger partial charge < -0.3 is 5.11 Å². The lowest BCUT2D eigenvalue weighted by Gasteiger charge is -1.92. The first-order valence-electron chi connectivity index (χ1n) is 2.63. The van der Waals surface area contributed by atoms with Gasteiger partial charge in [0.2, 0.25) is 0 Å². The topological polar surface area (TPSA) is 38.0 Å². The molecule has 0 saturated carbocycles. The van der Waals surface area contributed by atoms with Gasteiger partial charge in [-0.05, 0) is 28.7 Å². The van der Waals surface area contributed by atoms with Crippen molar-refractivity contribution in [3.63, 3.8) is 0 Å². The highest BCUT2D eigenvalue weighted by atomic mass is 127. The van der Waals surface area contributed by atoms with Crippen LogP contribution in [0.25, 0.3) is 0 Å². The molecule has 0 aliphatic heterocycles. The smallest absolute Gasteiger partial charge is 0.123 e. The Labute approximate surface area is 66.8 Å². The number of aliphatic hydroxyl groups is 1. The number of halogens is 1. The van der Waals surface area contributed by atoms with Crippen LogP contribution >= 0.6 is 22.6 Å². The average Bonchev–Trinajstić information content (AvgIpc) is 2.17. The van der Waals surface area contributed by atoms with Crippen LogP contribution in [-0.4, -0.2) is 21.5 Å². The van der Waals surface area contributed by atoms with Gasteiger partial charge in [-0.15, -0.1) is 0 Å². The fourth-order valence-corrected chi connectivity index (χ4v) is 1.00. The molecule has 1 heterocycles. The Bertz CT molecular complexity index is 187. The largest absolute Gasteiger partial charge is 0.394 e. The maximum atomic E-state index is 8.47. The molecule has 0 saturated heterocycles. The summed E-state index contributed by atoms with van der Waals surface area (Å²) in [6.07, 6.45) is 1.85. The van der Waals surface area contributed by atoms with Crippen LogP contribution in [0.2, 0.25) is 0 Å². The molecule has 0 radical (unpaired) electrons. The van der Waals surface area contributed by atoms with Crippen molar-refractivity contribution in [1.82, 2.24) is 9.78 Å². The Balaban J connectivity index is 2.61. The number of nitrogens with zero attached hydrogens (tertiary/aromatic N) is 2. The summed E-state index contributed by atoms with van der Waals surface area (Å²) in [6.45, 7) is 0.737. The lowest BCUT2D eigenvalue weighted by atomic mass is 10.7. The third-order valence-corrected chi connectivity index (χ3v) is 1.51. The fraction of sp³-hybridized carbons (Fsp3) is 0.400. The summed E-state index contributed by atoms with van der Waals surface area (Å²) in [4.78, 5) is 0. The van der Waals surface area contributed by atoms with E-state index in [0.29, 0.717) is 6.54 Å². The van der Waals surface area contributed by atoms with E-state index < -0.39 is 0 Å². The van der Waals surface area contributed by atoms with Crippen molar-refractivity contribution < 1.29 is 5.11 Å². The van der Waals surface area contributed by atoms with Gasteiger partial charge in [0.1, 0.15) is 3.70 Å². The van der Waals surface area contributed by atoms with Gasteiger partial charge in [0.05, 0.1) is 13.2 Å². The summed E-state index contributed by atoms with van der Waals surface area (Å²) in [6, 6.07) is 1.90. The maximum absolute atomic E-state index is 8.47. The Morgan fingerprint density at radius 3 is 3.00 bits per heavy atom. The molecule has 0 spiro atoms. The first-order valence-corrected chi connectivity index (χ1v) is 3.70. The standard InChI is InChI=1S/C5H7IN2O/c6-5-1-2-8(7-5)3-4-9/h1-2,9H,3-4H2. The maximum Gasteiger partial charge on any atom is 0.123 e. The molecule has 4 heteroatoms. The van der Waals surface area contributed by atoms with Crippen LogP contribution in [0, 0.1) is 3.70 Å². The minimum absolute atomic E-state index is 0.151. The van der Waals surface area contributed by atoms with Crippen LogP contribution in [0.5, 0.6) is 0 Å². The zero-order valence-electron chi connectivity index (χ0n) is 4.79. The molecule has 50 valence electrons. The highest BCUT2D eigenvalue weighted by Crippen LogP contribution is 1.97. The van der Waals surface area contributed by atoms with Gasteiger partial charge in [0.15, 0.2) is 0 Å². The SMILES string of the molecule is OCCn1ccc(I)n1. The molecule has 9 heavy (non-hydrogen) atoms. The van der Waals surface area contributed by atoms with Crippen molar-refractivity contribution in [3.05, 3.63) is 16.0 Å². The molecule has 1 aromatic heterocycles. The van der Waals surface area contributed by atoms with Crippen LogP contribution in [0.1, 0.15) is 0 Å². The lowest BCUT2D eigenvalue weighted by molar-refractivity contribution is 0.269. The van der Waals surface area contributed by atoms with Crippen molar-refractivity contribution in [3.8, 4) is 0 Å². The molecule has 1 N–H and O–H groups in total. The van der Waals surface area contributed by atoms with E-state index in [4.69, 9.17) is 5.11 Å². The van der Waals surface area contributed by atoms with Crippen LogP contribution < -0.4 is 0 Å². The highest BCUT2D eigenvalue weighted by Gasteiger charge is 1.90. The molecule has 0 atom stereocenters. The molecule has 0 unspecified atom stereocenters. The number of aliphatic hydroxyl groups excluding tert-OH is 1. The van der Waals surface area contributed by atoms with E-state index >= 15 is 0 Å². The Morgan fingerprint density at radius 1 is 1.78 bits per heavy atom. The molecular weight excluding hydrogens is 231 g/mol. The average molecular weight is 238 g/mol. The second-order valence-electron chi connectivity index (χ2n) is 1.63. The molecule has 3 nitrogen and oxygen atoms in total. The van der Waals surface area contributed by atoms with Gasteiger partial charge >= 0.3 is 0 Å². The molecule has 0 fully saturated rings. The van der Waals surface area contributed by atoms with E-state index in [1.807, 2.05) is 12.3 Å². The quantitative estimate of drug-likeness (QED) is 0.761. The molecular formula is C5H7IN2O. The molecule has 0 bridgehead atoms. The summed E-state index contributed by atoms with van der Waals surface area (Å²) >= 11 is 2.13. The minimum Gasteiger partial charge on any atom is -0.394 e. The number of aromatic nitrogens is 2. The zero-order chi connectivity index (χ0) is 6.69. The first kappa shape index (κ1) is 7.01. The van der Waals surface area contributed by atoms with E-state index in [-0.39, 0.29) is 6.61 Å². The van der Waals surface area contributed by atoms with Gasteiger partial charge in [-0.2, -0.15) is 5.10 Å². The molecule has 0 aliphatic rings. The highest BCUT2D eigenvalue weighted by molar-refractivity contribution is 14.1. The van der Waals surface area contributed by atoms with Crippen molar-refractivity contribution in [2.75, 3.05) is 6.61 Å².